The molecule has 0 aliphatic carbocycles. The monoisotopic (exact) mass is 176 g/mol. The van der Waals surface area contributed by atoms with Gasteiger partial charge in [-0.2, -0.15) is 0 Å². The van der Waals surface area contributed by atoms with Crippen molar-refractivity contribution in [2.24, 2.45) is 0 Å². The van der Waals surface area contributed by atoms with Gasteiger partial charge in [0.1, 0.15) is 0 Å². The predicted octanol–water partition coefficient (Wildman–Crippen LogP) is 2.51. The fourth-order valence-electron chi connectivity index (χ4n) is 0.884. The Morgan fingerprint density at radius 1 is 1.40 bits per heavy atom. The Labute approximate surface area is 69.3 Å². The van der Waals surface area contributed by atoms with E-state index in [-0.39, 0.29) is 6.61 Å². The van der Waals surface area contributed by atoms with Crippen LogP contribution in [0.3, 0.4) is 0 Å². The molecule has 0 aromatic carbocycles. The van der Waals surface area contributed by atoms with E-state index in [4.69, 9.17) is 16.7 Å². The summed E-state index contributed by atoms with van der Waals surface area (Å²) in [6.45, 7) is 3.98. The molecule has 0 saturated carbocycles. The first-order valence-corrected chi connectivity index (χ1v) is 4.21. The second kappa shape index (κ2) is 2.91. The highest BCUT2D eigenvalue weighted by Crippen LogP contribution is 2.31. The smallest absolute Gasteiger partial charge is 0.0707 e. The summed E-state index contributed by atoms with van der Waals surface area (Å²) in [7, 11) is 0. The molecule has 3 heteroatoms. The fraction of sp³-hybridized carbons (Fsp3) is 0.429. The van der Waals surface area contributed by atoms with E-state index in [9.17, 15) is 0 Å². The molecule has 10 heavy (non-hydrogen) atoms. The maximum Gasteiger partial charge on any atom is 0.0707 e. The van der Waals surface area contributed by atoms with Crippen LogP contribution in [-0.2, 0) is 6.61 Å². The number of rotatable bonds is 1. The summed E-state index contributed by atoms with van der Waals surface area (Å²) in [5.74, 6) is 0. The summed E-state index contributed by atoms with van der Waals surface area (Å²) in [5.41, 5.74) is 0.879. The zero-order chi connectivity index (χ0) is 7.72. The summed E-state index contributed by atoms with van der Waals surface area (Å²) in [4.78, 5) is 2.20. The topological polar surface area (TPSA) is 20.2 Å². The van der Waals surface area contributed by atoms with E-state index >= 15 is 0 Å². The van der Waals surface area contributed by atoms with Crippen molar-refractivity contribution in [2.75, 3.05) is 0 Å². The Balaban J connectivity index is 3.20. The van der Waals surface area contributed by atoms with Gasteiger partial charge >= 0.3 is 0 Å². The third kappa shape index (κ3) is 1.19. The lowest BCUT2D eigenvalue weighted by atomic mass is 10.3. The molecule has 0 amide bonds. The second-order valence-electron chi connectivity index (χ2n) is 2.17. The molecule has 0 fully saturated rings. The third-order valence-corrected chi connectivity index (χ3v) is 3.15. The maximum absolute atomic E-state index is 8.83. The third-order valence-electron chi connectivity index (χ3n) is 1.46. The first kappa shape index (κ1) is 8.05. The predicted molar refractivity (Wildman–Crippen MR) is 44.7 cm³/mol. The number of halogens is 1. The van der Waals surface area contributed by atoms with Crippen molar-refractivity contribution < 1.29 is 5.11 Å². The van der Waals surface area contributed by atoms with Crippen LogP contribution in [0.4, 0.5) is 0 Å². The van der Waals surface area contributed by atoms with Crippen LogP contribution in [0.2, 0.25) is 5.02 Å². The first-order valence-electron chi connectivity index (χ1n) is 3.02. The summed E-state index contributed by atoms with van der Waals surface area (Å²) in [6, 6.07) is 0. The van der Waals surface area contributed by atoms with E-state index in [1.165, 1.54) is 0 Å². The Hall–Kier alpha value is -0.0500. The number of hydrogen-bond acceptors (Lipinski definition) is 2. The van der Waals surface area contributed by atoms with Crippen LogP contribution in [0.25, 0.3) is 0 Å². The van der Waals surface area contributed by atoms with Crippen LogP contribution in [0.5, 0.6) is 0 Å². The molecule has 0 atom stereocenters. The van der Waals surface area contributed by atoms with E-state index in [0.29, 0.717) is 0 Å². The molecule has 0 unspecified atom stereocenters. The maximum atomic E-state index is 8.83. The molecule has 0 aliphatic heterocycles. The SMILES string of the molecule is Cc1sc(C)c(CO)c1Cl. The summed E-state index contributed by atoms with van der Waals surface area (Å²) >= 11 is 7.49. The van der Waals surface area contributed by atoms with Crippen LogP contribution in [0.15, 0.2) is 0 Å². The van der Waals surface area contributed by atoms with E-state index in [1.54, 1.807) is 11.3 Å². The van der Waals surface area contributed by atoms with Crippen molar-refractivity contribution in [1.82, 2.24) is 0 Å². The molecular formula is C7H9ClOS. The highest BCUT2D eigenvalue weighted by molar-refractivity contribution is 7.12. The molecule has 1 rings (SSSR count). The van der Waals surface area contributed by atoms with Crippen LogP contribution < -0.4 is 0 Å². The van der Waals surface area contributed by atoms with Crippen LogP contribution in [0, 0.1) is 13.8 Å². The molecule has 56 valence electrons. The Kier molecular flexibility index (Phi) is 2.34. The number of hydrogen-bond donors (Lipinski definition) is 1. The normalized spacial score (nSPS) is 10.4. The zero-order valence-electron chi connectivity index (χ0n) is 5.94. The quantitative estimate of drug-likeness (QED) is 0.697. The summed E-state index contributed by atoms with van der Waals surface area (Å²) in [6.07, 6.45) is 0. The van der Waals surface area contributed by atoms with Crippen LogP contribution >= 0.6 is 22.9 Å². The van der Waals surface area contributed by atoms with Gasteiger partial charge in [-0.15, -0.1) is 11.3 Å². The summed E-state index contributed by atoms with van der Waals surface area (Å²) < 4.78 is 0. The van der Waals surface area contributed by atoms with Gasteiger partial charge in [0, 0.05) is 15.3 Å². The van der Waals surface area contributed by atoms with Crippen molar-refractivity contribution in [2.45, 2.75) is 20.5 Å². The van der Waals surface area contributed by atoms with Gasteiger partial charge in [0.05, 0.1) is 11.6 Å². The van der Waals surface area contributed by atoms with Gasteiger partial charge in [-0.3, -0.25) is 0 Å². The van der Waals surface area contributed by atoms with E-state index in [0.717, 1.165) is 20.3 Å². The molecule has 1 N–H and O–H groups in total. The lowest BCUT2D eigenvalue weighted by Gasteiger charge is -1.92. The first-order chi connectivity index (χ1) is 4.66. The lowest BCUT2D eigenvalue weighted by molar-refractivity contribution is 0.281. The number of aliphatic hydroxyl groups excluding tert-OH is 1. The highest BCUT2D eigenvalue weighted by atomic mass is 35.5. The molecular weight excluding hydrogens is 168 g/mol. The van der Waals surface area contributed by atoms with Gasteiger partial charge in [0.15, 0.2) is 0 Å². The van der Waals surface area contributed by atoms with E-state index in [1.807, 2.05) is 13.8 Å². The van der Waals surface area contributed by atoms with Gasteiger partial charge in [-0.25, -0.2) is 0 Å². The molecule has 0 radical (unpaired) electrons. The van der Waals surface area contributed by atoms with Crippen molar-refractivity contribution >= 4 is 22.9 Å². The fourth-order valence-corrected chi connectivity index (χ4v) is 2.22. The second-order valence-corrected chi connectivity index (χ2v) is 3.97. The van der Waals surface area contributed by atoms with Gasteiger partial charge in [-0.1, -0.05) is 11.6 Å². The van der Waals surface area contributed by atoms with Gasteiger partial charge < -0.3 is 5.11 Å². The van der Waals surface area contributed by atoms with Crippen molar-refractivity contribution in [3.8, 4) is 0 Å². The summed E-state index contributed by atoms with van der Waals surface area (Å²) in [5, 5.41) is 9.56. The average molecular weight is 177 g/mol. The van der Waals surface area contributed by atoms with Crippen molar-refractivity contribution in [1.29, 1.82) is 0 Å². The van der Waals surface area contributed by atoms with Crippen molar-refractivity contribution in [3.05, 3.63) is 20.3 Å². The van der Waals surface area contributed by atoms with Gasteiger partial charge in [0.25, 0.3) is 0 Å². The minimum atomic E-state index is 0.0506. The Morgan fingerprint density at radius 3 is 2.20 bits per heavy atom. The number of aryl methyl sites for hydroxylation is 2. The molecule has 1 aromatic rings. The van der Waals surface area contributed by atoms with Gasteiger partial charge in [0.2, 0.25) is 0 Å². The van der Waals surface area contributed by atoms with Gasteiger partial charge in [-0.05, 0) is 13.8 Å². The largest absolute Gasteiger partial charge is 0.392 e. The average Bonchev–Trinajstić information content (AvgIpc) is 2.09. The lowest BCUT2D eigenvalue weighted by Crippen LogP contribution is -1.81. The standard InChI is InChI=1S/C7H9ClOS/c1-4-6(3-9)7(8)5(2)10-4/h9H,3H2,1-2H3. The van der Waals surface area contributed by atoms with E-state index < -0.39 is 0 Å². The molecule has 0 aliphatic rings. The minimum Gasteiger partial charge on any atom is -0.392 e. The molecule has 1 heterocycles. The molecule has 1 nitrogen and oxygen atoms in total. The molecule has 1 aromatic heterocycles. The van der Waals surface area contributed by atoms with Crippen molar-refractivity contribution in [3.63, 3.8) is 0 Å². The Bertz CT molecular complexity index is 242. The Morgan fingerprint density at radius 2 is 2.00 bits per heavy atom. The molecule has 0 spiro atoms. The highest BCUT2D eigenvalue weighted by Gasteiger charge is 2.08. The van der Waals surface area contributed by atoms with E-state index in [2.05, 4.69) is 0 Å². The number of thiophene rings is 1. The molecule has 0 saturated heterocycles. The van der Waals surface area contributed by atoms with Crippen LogP contribution in [0.1, 0.15) is 15.3 Å². The minimum absolute atomic E-state index is 0.0506. The zero-order valence-corrected chi connectivity index (χ0v) is 7.51. The molecule has 0 bridgehead atoms. The number of aliphatic hydroxyl groups is 1. The van der Waals surface area contributed by atoms with Crippen LogP contribution in [-0.4, -0.2) is 5.11 Å².